The van der Waals surface area contributed by atoms with Gasteiger partial charge >= 0.3 is 0 Å². The molecule has 0 fully saturated rings. The fourth-order valence-corrected chi connectivity index (χ4v) is 2.81. The Balaban J connectivity index is 1.96. The fourth-order valence-electron chi connectivity index (χ4n) is 2.54. The van der Waals surface area contributed by atoms with Crippen molar-refractivity contribution in [2.24, 2.45) is 0 Å². The molecule has 0 amide bonds. The van der Waals surface area contributed by atoms with Crippen LogP contribution in [0.5, 0.6) is 11.5 Å². The summed E-state index contributed by atoms with van der Waals surface area (Å²) in [5.41, 5.74) is 1.28. The van der Waals surface area contributed by atoms with Gasteiger partial charge in [-0.1, -0.05) is 29.8 Å². The number of halogens is 1. The smallest absolute Gasteiger partial charge is 0.259 e. The standard InChI is InChI=1S/C20H19ClN2O3/c1-12(2)26-19-15(21)10-13(11-17(19)25-3)8-9-18-22-16-7-5-4-6-14(16)20(24)23-18/h4-12H,1-3H3,(H,22,23,24)/b9-8+. The maximum atomic E-state index is 12.1. The Bertz CT molecular complexity index is 1030. The van der Waals surface area contributed by atoms with E-state index in [9.17, 15) is 4.79 Å². The lowest BCUT2D eigenvalue weighted by Gasteiger charge is -2.15. The van der Waals surface area contributed by atoms with Gasteiger partial charge in [0.2, 0.25) is 0 Å². The molecule has 26 heavy (non-hydrogen) atoms. The molecule has 1 aromatic heterocycles. The average Bonchev–Trinajstić information content (AvgIpc) is 2.61. The maximum Gasteiger partial charge on any atom is 0.259 e. The summed E-state index contributed by atoms with van der Waals surface area (Å²) in [5, 5.41) is 1.02. The van der Waals surface area contributed by atoms with E-state index in [0.29, 0.717) is 33.2 Å². The van der Waals surface area contributed by atoms with Gasteiger partial charge in [-0.05, 0) is 49.8 Å². The zero-order valence-corrected chi connectivity index (χ0v) is 15.5. The van der Waals surface area contributed by atoms with Crippen LogP contribution in [0.4, 0.5) is 0 Å². The van der Waals surface area contributed by atoms with Gasteiger partial charge in [-0.25, -0.2) is 4.98 Å². The molecule has 0 radical (unpaired) electrons. The lowest BCUT2D eigenvalue weighted by atomic mass is 10.1. The van der Waals surface area contributed by atoms with Crippen LogP contribution in [-0.4, -0.2) is 23.2 Å². The zero-order chi connectivity index (χ0) is 18.7. The summed E-state index contributed by atoms with van der Waals surface area (Å²) in [7, 11) is 1.56. The van der Waals surface area contributed by atoms with Crippen LogP contribution in [0.25, 0.3) is 23.1 Å². The van der Waals surface area contributed by atoms with Crippen LogP contribution in [0.3, 0.4) is 0 Å². The van der Waals surface area contributed by atoms with Gasteiger partial charge in [0.1, 0.15) is 5.82 Å². The van der Waals surface area contributed by atoms with Crippen molar-refractivity contribution in [3.63, 3.8) is 0 Å². The van der Waals surface area contributed by atoms with Gasteiger partial charge in [-0.15, -0.1) is 0 Å². The number of hydrogen-bond acceptors (Lipinski definition) is 4. The summed E-state index contributed by atoms with van der Waals surface area (Å²) in [5.74, 6) is 1.52. The number of fused-ring (bicyclic) bond motifs is 1. The maximum absolute atomic E-state index is 12.1. The molecule has 0 bridgehead atoms. The van der Waals surface area contributed by atoms with E-state index in [4.69, 9.17) is 21.1 Å². The number of aromatic nitrogens is 2. The monoisotopic (exact) mass is 370 g/mol. The molecule has 5 nitrogen and oxygen atoms in total. The summed E-state index contributed by atoms with van der Waals surface area (Å²) in [6.45, 7) is 3.84. The van der Waals surface area contributed by atoms with Crippen molar-refractivity contribution >= 4 is 34.7 Å². The number of nitrogens with zero attached hydrogens (tertiary/aromatic N) is 1. The van der Waals surface area contributed by atoms with E-state index in [1.807, 2.05) is 32.0 Å². The number of benzene rings is 2. The van der Waals surface area contributed by atoms with Crippen molar-refractivity contribution in [3.05, 3.63) is 63.2 Å². The van der Waals surface area contributed by atoms with Gasteiger partial charge < -0.3 is 14.5 Å². The number of ether oxygens (including phenoxy) is 2. The van der Waals surface area contributed by atoms with Gasteiger partial charge in [-0.3, -0.25) is 4.79 Å². The highest BCUT2D eigenvalue weighted by molar-refractivity contribution is 6.32. The van der Waals surface area contributed by atoms with Crippen LogP contribution >= 0.6 is 11.6 Å². The number of methoxy groups -OCH3 is 1. The largest absolute Gasteiger partial charge is 0.493 e. The van der Waals surface area contributed by atoms with E-state index in [2.05, 4.69) is 9.97 Å². The minimum absolute atomic E-state index is 0.0188. The number of H-pyrrole nitrogens is 1. The molecule has 6 heteroatoms. The molecule has 0 spiro atoms. The zero-order valence-electron chi connectivity index (χ0n) is 14.7. The molecule has 3 aromatic rings. The number of nitrogens with one attached hydrogen (secondary N) is 1. The van der Waals surface area contributed by atoms with E-state index < -0.39 is 0 Å². The van der Waals surface area contributed by atoms with Crippen molar-refractivity contribution in [1.29, 1.82) is 0 Å². The third-order valence-electron chi connectivity index (χ3n) is 3.67. The Morgan fingerprint density at radius 1 is 1.19 bits per heavy atom. The normalized spacial score (nSPS) is 11.4. The number of aromatic amines is 1. The second kappa shape index (κ2) is 7.62. The predicted molar refractivity (Wildman–Crippen MR) is 105 cm³/mol. The highest BCUT2D eigenvalue weighted by Crippen LogP contribution is 2.37. The second-order valence-electron chi connectivity index (χ2n) is 6.00. The second-order valence-corrected chi connectivity index (χ2v) is 6.41. The van der Waals surface area contributed by atoms with E-state index >= 15 is 0 Å². The third kappa shape index (κ3) is 3.89. The van der Waals surface area contributed by atoms with Crippen molar-refractivity contribution in [1.82, 2.24) is 9.97 Å². The molecule has 0 saturated carbocycles. The van der Waals surface area contributed by atoms with Crippen LogP contribution in [-0.2, 0) is 0 Å². The molecule has 3 rings (SSSR count). The first-order valence-corrected chi connectivity index (χ1v) is 8.57. The van der Waals surface area contributed by atoms with Crippen molar-refractivity contribution in [3.8, 4) is 11.5 Å². The lowest BCUT2D eigenvalue weighted by Crippen LogP contribution is -2.09. The fraction of sp³-hybridized carbons (Fsp3) is 0.200. The van der Waals surface area contributed by atoms with Crippen LogP contribution in [0, 0.1) is 0 Å². The molecule has 0 aliphatic carbocycles. The Hall–Kier alpha value is -2.79. The summed E-state index contributed by atoms with van der Waals surface area (Å²) in [4.78, 5) is 19.3. The van der Waals surface area contributed by atoms with E-state index in [1.54, 1.807) is 37.5 Å². The third-order valence-corrected chi connectivity index (χ3v) is 3.95. The van der Waals surface area contributed by atoms with E-state index in [1.165, 1.54) is 0 Å². The van der Waals surface area contributed by atoms with Gasteiger partial charge in [0, 0.05) is 0 Å². The molecular formula is C20H19ClN2O3. The number of rotatable bonds is 5. The van der Waals surface area contributed by atoms with Crippen molar-refractivity contribution in [2.45, 2.75) is 20.0 Å². The first kappa shape index (κ1) is 18.0. The average molecular weight is 371 g/mol. The molecule has 0 aliphatic rings. The van der Waals surface area contributed by atoms with Gasteiger partial charge in [-0.2, -0.15) is 0 Å². The minimum Gasteiger partial charge on any atom is -0.493 e. The SMILES string of the molecule is COc1cc(/C=C/c2nc3ccccc3c(=O)[nH]2)cc(Cl)c1OC(C)C. The Morgan fingerprint density at radius 2 is 1.96 bits per heavy atom. The Labute approximate surface area is 156 Å². The molecule has 0 unspecified atom stereocenters. The van der Waals surface area contributed by atoms with Crippen molar-refractivity contribution in [2.75, 3.05) is 7.11 Å². The Kier molecular flexibility index (Phi) is 5.28. The van der Waals surface area contributed by atoms with Gasteiger partial charge in [0.25, 0.3) is 5.56 Å². The summed E-state index contributed by atoms with van der Waals surface area (Å²) >= 11 is 6.33. The summed E-state index contributed by atoms with van der Waals surface area (Å²) < 4.78 is 11.1. The molecular weight excluding hydrogens is 352 g/mol. The van der Waals surface area contributed by atoms with Crippen molar-refractivity contribution < 1.29 is 9.47 Å². The number of para-hydroxylation sites is 1. The molecule has 0 aliphatic heterocycles. The van der Waals surface area contributed by atoms with Gasteiger partial charge in [0.15, 0.2) is 11.5 Å². The van der Waals surface area contributed by atoms with Crippen LogP contribution in [0.2, 0.25) is 5.02 Å². The predicted octanol–water partition coefficient (Wildman–Crippen LogP) is 4.54. The molecule has 134 valence electrons. The molecule has 1 heterocycles. The molecule has 1 N–H and O–H groups in total. The highest BCUT2D eigenvalue weighted by Gasteiger charge is 2.12. The van der Waals surface area contributed by atoms with Crippen LogP contribution in [0.1, 0.15) is 25.2 Å². The lowest BCUT2D eigenvalue weighted by molar-refractivity contribution is 0.230. The van der Waals surface area contributed by atoms with Gasteiger partial charge in [0.05, 0.1) is 29.1 Å². The summed E-state index contributed by atoms with van der Waals surface area (Å²) in [6, 6.07) is 10.8. The topological polar surface area (TPSA) is 64.2 Å². The van der Waals surface area contributed by atoms with E-state index in [-0.39, 0.29) is 11.7 Å². The van der Waals surface area contributed by atoms with E-state index in [0.717, 1.165) is 5.56 Å². The first-order chi connectivity index (χ1) is 12.5. The molecule has 2 aromatic carbocycles. The minimum atomic E-state index is -0.174. The highest BCUT2D eigenvalue weighted by atomic mass is 35.5. The Morgan fingerprint density at radius 3 is 2.69 bits per heavy atom. The van der Waals surface area contributed by atoms with Crippen LogP contribution in [0.15, 0.2) is 41.2 Å². The number of hydrogen-bond donors (Lipinski definition) is 1. The van der Waals surface area contributed by atoms with Crippen LogP contribution < -0.4 is 15.0 Å². The summed E-state index contributed by atoms with van der Waals surface area (Å²) in [6.07, 6.45) is 3.51. The molecule has 0 saturated heterocycles. The first-order valence-electron chi connectivity index (χ1n) is 8.19. The molecule has 0 atom stereocenters. The quantitative estimate of drug-likeness (QED) is 0.716.